The Bertz CT molecular complexity index is 733. The quantitative estimate of drug-likeness (QED) is 0.777. The fourth-order valence-electron chi connectivity index (χ4n) is 3.39. The second kappa shape index (κ2) is 9.29. The van der Waals surface area contributed by atoms with Crippen molar-refractivity contribution in [2.75, 3.05) is 39.4 Å². The number of piperazine rings is 1. The Kier molecular flexibility index (Phi) is 7.58. The monoisotopic (exact) mass is 421 g/mol. The summed E-state index contributed by atoms with van der Waals surface area (Å²) in [5.74, 6) is -0.505. The summed E-state index contributed by atoms with van der Waals surface area (Å²) in [6.07, 6.45) is 1.54. The summed E-state index contributed by atoms with van der Waals surface area (Å²) in [7, 11) is -3.69. The molecule has 0 bridgehead atoms. The smallest absolute Gasteiger partial charge is 0.243 e. The van der Waals surface area contributed by atoms with Gasteiger partial charge in [-0.15, -0.1) is 12.4 Å². The topological polar surface area (TPSA) is 92.9 Å². The van der Waals surface area contributed by atoms with Crippen LogP contribution in [0.2, 0.25) is 0 Å². The zero-order chi connectivity index (χ0) is 18.7. The van der Waals surface area contributed by atoms with Crippen LogP contribution in [-0.4, -0.2) is 69.0 Å². The molecule has 7 nitrogen and oxygen atoms in total. The predicted octanol–water partition coefficient (Wildman–Crippen LogP) is 0.834. The van der Waals surface area contributed by atoms with Crippen molar-refractivity contribution >= 4 is 28.3 Å². The van der Waals surface area contributed by atoms with Gasteiger partial charge in [0, 0.05) is 39.4 Å². The highest BCUT2D eigenvalue weighted by Gasteiger charge is 2.34. The Hall–Kier alpha value is -1.26. The first kappa shape index (κ1) is 22.0. The normalized spacial score (nSPS) is 20.7. The Morgan fingerprint density at radius 3 is 2.22 bits per heavy atom. The maximum atomic E-state index is 13.0. The molecule has 1 aromatic carbocycles. The van der Waals surface area contributed by atoms with Gasteiger partial charge in [0.2, 0.25) is 15.9 Å². The van der Waals surface area contributed by atoms with E-state index in [0.29, 0.717) is 26.3 Å². The van der Waals surface area contributed by atoms with E-state index in [4.69, 9.17) is 10.5 Å². The minimum Gasteiger partial charge on any atom is -0.381 e. The molecule has 1 aromatic rings. The SMILES string of the molecule is Cl.NC(C(=O)N1CCN(S(=O)(=O)c2ccc(F)cc2)CC1)C1CCOCC1. The summed E-state index contributed by atoms with van der Waals surface area (Å²) in [4.78, 5) is 14.3. The second-order valence-corrected chi connectivity index (χ2v) is 8.60. The summed E-state index contributed by atoms with van der Waals surface area (Å²) >= 11 is 0. The summed E-state index contributed by atoms with van der Waals surface area (Å²) in [5, 5.41) is 0. The molecule has 1 atom stereocenters. The minimum atomic E-state index is -3.69. The highest BCUT2D eigenvalue weighted by molar-refractivity contribution is 7.89. The van der Waals surface area contributed by atoms with Crippen molar-refractivity contribution in [3.8, 4) is 0 Å². The van der Waals surface area contributed by atoms with Crippen LogP contribution >= 0.6 is 12.4 Å². The first-order valence-corrected chi connectivity index (χ1v) is 10.2. The fourth-order valence-corrected chi connectivity index (χ4v) is 4.81. The van der Waals surface area contributed by atoms with E-state index in [1.165, 1.54) is 16.4 Å². The number of carbonyl (C=O) groups is 1. The van der Waals surface area contributed by atoms with Gasteiger partial charge < -0.3 is 15.4 Å². The van der Waals surface area contributed by atoms with Crippen molar-refractivity contribution in [1.29, 1.82) is 0 Å². The van der Waals surface area contributed by atoms with Gasteiger partial charge in [-0.05, 0) is 43.0 Å². The van der Waals surface area contributed by atoms with E-state index >= 15 is 0 Å². The molecule has 2 N–H and O–H groups in total. The summed E-state index contributed by atoms with van der Waals surface area (Å²) in [6.45, 7) is 2.24. The van der Waals surface area contributed by atoms with Crippen LogP contribution in [0.25, 0.3) is 0 Å². The minimum absolute atomic E-state index is 0. The number of nitrogens with zero attached hydrogens (tertiary/aromatic N) is 2. The van der Waals surface area contributed by atoms with Gasteiger partial charge in [-0.2, -0.15) is 4.31 Å². The molecule has 0 aromatic heterocycles. The molecule has 152 valence electrons. The van der Waals surface area contributed by atoms with E-state index in [9.17, 15) is 17.6 Å². The number of sulfonamides is 1. The maximum Gasteiger partial charge on any atom is 0.243 e. The van der Waals surface area contributed by atoms with E-state index in [2.05, 4.69) is 0 Å². The molecule has 2 aliphatic heterocycles. The third kappa shape index (κ3) is 4.97. The molecule has 0 spiro atoms. The van der Waals surface area contributed by atoms with Crippen LogP contribution in [0.4, 0.5) is 4.39 Å². The van der Waals surface area contributed by atoms with Gasteiger partial charge >= 0.3 is 0 Å². The molecule has 0 radical (unpaired) electrons. The van der Waals surface area contributed by atoms with Crippen molar-refractivity contribution in [3.05, 3.63) is 30.1 Å². The number of hydrogen-bond donors (Lipinski definition) is 1. The predicted molar refractivity (Wildman–Crippen MR) is 101 cm³/mol. The summed E-state index contributed by atoms with van der Waals surface area (Å²) < 4.78 is 44.9. The third-order valence-electron chi connectivity index (χ3n) is 5.06. The van der Waals surface area contributed by atoms with Crippen molar-refractivity contribution < 1.29 is 22.3 Å². The summed E-state index contributed by atoms with van der Waals surface area (Å²) in [5.41, 5.74) is 6.13. The van der Waals surface area contributed by atoms with Gasteiger partial charge in [0.05, 0.1) is 10.9 Å². The first-order valence-electron chi connectivity index (χ1n) is 8.77. The number of halogens is 2. The van der Waals surface area contributed by atoms with Crippen LogP contribution in [0.15, 0.2) is 29.2 Å². The highest BCUT2D eigenvalue weighted by atomic mass is 35.5. The van der Waals surface area contributed by atoms with Crippen LogP contribution in [0, 0.1) is 11.7 Å². The lowest BCUT2D eigenvalue weighted by Gasteiger charge is -2.37. The molecule has 2 heterocycles. The van der Waals surface area contributed by atoms with Crippen molar-refractivity contribution in [1.82, 2.24) is 9.21 Å². The molecular formula is C17H25ClFN3O4S. The van der Waals surface area contributed by atoms with Crippen LogP contribution in [0.3, 0.4) is 0 Å². The standard InChI is InChI=1S/C17H24FN3O4S.ClH/c18-14-1-3-15(4-2-14)26(23,24)21-9-7-20(8-10-21)17(22)16(19)13-5-11-25-12-6-13;/h1-4,13,16H,5-12,19H2;1H. The molecule has 0 aliphatic carbocycles. The van der Waals surface area contributed by atoms with E-state index in [1.54, 1.807) is 4.90 Å². The zero-order valence-electron chi connectivity index (χ0n) is 14.9. The first-order chi connectivity index (χ1) is 12.4. The Labute approximate surface area is 165 Å². The van der Waals surface area contributed by atoms with E-state index in [-0.39, 0.29) is 42.2 Å². The van der Waals surface area contributed by atoms with Gasteiger partial charge in [-0.3, -0.25) is 4.79 Å². The highest BCUT2D eigenvalue weighted by Crippen LogP contribution is 2.21. The maximum absolute atomic E-state index is 13.0. The molecule has 2 saturated heterocycles. The number of ether oxygens (including phenoxy) is 1. The lowest BCUT2D eigenvalue weighted by atomic mass is 9.91. The average molecular weight is 422 g/mol. The molecule has 3 rings (SSSR count). The van der Waals surface area contributed by atoms with Crippen LogP contribution in [0.1, 0.15) is 12.8 Å². The lowest BCUT2D eigenvalue weighted by molar-refractivity contribution is -0.135. The number of benzene rings is 1. The van der Waals surface area contributed by atoms with Gasteiger partial charge in [-0.1, -0.05) is 0 Å². The van der Waals surface area contributed by atoms with Gasteiger partial charge in [0.15, 0.2) is 0 Å². The Balaban J connectivity index is 0.00000261. The largest absolute Gasteiger partial charge is 0.381 e. The van der Waals surface area contributed by atoms with Gasteiger partial charge in [-0.25, -0.2) is 12.8 Å². The van der Waals surface area contributed by atoms with E-state index in [0.717, 1.165) is 25.0 Å². The number of hydrogen-bond acceptors (Lipinski definition) is 5. The molecular weight excluding hydrogens is 397 g/mol. The number of rotatable bonds is 4. The molecule has 10 heteroatoms. The number of amides is 1. The van der Waals surface area contributed by atoms with Crippen molar-refractivity contribution in [2.24, 2.45) is 11.7 Å². The van der Waals surface area contributed by atoms with Crippen molar-refractivity contribution in [3.63, 3.8) is 0 Å². The number of nitrogens with two attached hydrogens (primary N) is 1. The number of carbonyl (C=O) groups excluding carboxylic acids is 1. The molecule has 2 fully saturated rings. The molecule has 0 saturated carbocycles. The van der Waals surface area contributed by atoms with Gasteiger partial charge in [0.25, 0.3) is 0 Å². The zero-order valence-corrected chi connectivity index (χ0v) is 16.6. The molecule has 1 amide bonds. The third-order valence-corrected chi connectivity index (χ3v) is 6.97. The van der Waals surface area contributed by atoms with Gasteiger partial charge in [0.1, 0.15) is 5.82 Å². The molecule has 27 heavy (non-hydrogen) atoms. The van der Waals surface area contributed by atoms with Crippen LogP contribution in [0.5, 0.6) is 0 Å². The Morgan fingerprint density at radius 2 is 1.67 bits per heavy atom. The fraction of sp³-hybridized carbons (Fsp3) is 0.588. The van der Waals surface area contributed by atoms with Crippen LogP contribution < -0.4 is 5.73 Å². The average Bonchev–Trinajstić information content (AvgIpc) is 2.68. The summed E-state index contributed by atoms with van der Waals surface area (Å²) in [6, 6.07) is 4.19. The van der Waals surface area contributed by atoms with Crippen LogP contribution in [-0.2, 0) is 19.6 Å². The lowest BCUT2D eigenvalue weighted by Crippen LogP contribution is -2.56. The Morgan fingerprint density at radius 1 is 1.11 bits per heavy atom. The van der Waals surface area contributed by atoms with E-state index in [1.807, 2.05) is 0 Å². The molecule has 1 unspecified atom stereocenters. The second-order valence-electron chi connectivity index (χ2n) is 6.66. The molecule has 2 aliphatic rings. The van der Waals surface area contributed by atoms with E-state index < -0.39 is 21.9 Å². The van der Waals surface area contributed by atoms with Crippen molar-refractivity contribution in [2.45, 2.75) is 23.8 Å².